The van der Waals surface area contributed by atoms with E-state index in [1.54, 1.807) is 47.0 Å². The van der Waals surface area contributed by atoms with Crippen molar-refractivity contribution in [1.29, 1.82) is 0 Å². The standard InChI is InChI=1S/C27H39N4O9/c1-26(2,3)39-24(34)29-14-15-30(25(35)40-27(4,5)6)21(22(32)37-7)20(29)16-31(18-10-11-18)23(33)38-19-12-8-17(28-36)9-13-19/h8-9,12-13,18,20-21,28H,10-11,14-16H2,1-7H3/q-1/t20-,21?/m0/s1. The van der Waals surface area contributed by atoms with Crippen LogP contribution in [0.2, 0.25) is 0 Å². The number of piperazine rings is 1. The summed E-state index contributed by atoms with van der Waals surface area (Å²) in [5.74, 6) is -0.559. The number of esters is 1. The van der Waals surface area contributed by atoms with Gasteiger partial charge in [0.2, 0.25) is 0 Å². The Balaban J connectivity index is 1.95. The van der Waals surface area contributed by atoms with E-state index < -0.39 is 47.5 Å². The van der Waals surface area contributed by atoms with Crippen LogP contribution in [0.25, 0.3) is 0 Å². The average molecular weight is 564 g/mol. The summed E-state index contributed by atoms with van der Waals surface area (Å²) >= 11 is 0. The average Bonchev–Trinajstić information content (AvgIpc) is 3.69. The molecule has 1 unspecified atom stereocenters. The smallest absolute Gasteiger partial charge is 0.415 e. The van der Waals surface area contributed by atoms with Gasteiger partial charge in [-0.2, -0.15) is 0 Å². The first-order valence-corrected chi connectivity index (χ1v) is 13.2. The van der Waals surface area contributed by atoms with Gasteiger partial charge in [-0.1, -0.05) is 0 Å². The van der Waals surface area contributed by atoms with Crippen LogP contribution in [0.1, 0.15) is 54.4 Å². The fraction of sp³-hybridized carbons (Fsp3) is 0.630. The van der Waals surface area contributed by atoms with Crippen LogP contribution in [-0.4, -0.2) is 95.0 Å². The largest absolute Gasteiger partial charge is 0.761 e. The highest BCUT2D eigenvalue weighted by Gasteiger charge is 2.50. The summed E-state index contributed by atoms with van der Waals surface area (Å²) < 4.78 is 21.8. The van der Waals surface area contributed by atoms with E-state index in [1.807, 2.05) is 0 Å². The number of rotatable bonds is 6. The van der Waals surface area contributed by atoms with Crippen LogP contribution >= 0.6 is 0 Å². The third-order valence-electron chi connectivity index (χ3n) is 6.16. The van der Waals surface area contributed by atoms with Crippen molar-refractivity contribution in [3.05, 3.63) is 29.5 Å². The van der Waals surface area contributed by atoms with Crippen LogP contribution in [0.15, 0.2) is 24.3 Å². The molecule has 0 aromatic heterocycles. The Labute approximate surface area is 234 Å². The third kappa shape index (κ3) is 8.13. The zero-order chi connectivity index (χ0) is 29.8. The first kappa shape index (κ1) is 30.8. The fourth-order valence-electron chi connectivity index (χ4n) is 4.29. The molecule has 1 aliphatic carbocycles. The molecule has 2 aliphatic rings. The maximum absolute atomic E-state index is 13.3. The Hall–Kier alpha value is -3.74. The summed E-state index contributed by atoms with van der Waals surface area (Å²) in [6.07, 6.45) is -0.741. The topological polar surface area (TPSA) is 150 Å². The molecule has 3 rings (SSSR count). The molecule has 1 aromatic carbocycles. The van der Waals surface area contributed by atoms with E-state index in [2.05, 4.69) is 0 Å². The Morgan fingerprint density at radius 3 is 1.93 bits per heavy atom. The number of nitrogens with one attached hydrogen (secondary N) is 1. The lowest BCUT2D eigenvalue weighted by Crippen LogP contribution is -2.68. The van der Waals surface area contributed by atoms with Gasteiger partial charge in [0.1, 0.15) is 17.0 Å². The van der Waals surface area contributed by atoms with Crippen molar-refractivity contribution in [3.63, 3.8) is 0 Å². The first-order valence-electron chi connectivity index (χ1n) is 13.2. The number of carbonyl (C=O) groups is 4. The van der Waals surface area contributed by atoms with Crippen molar-refractivity contribution in [3.8, 4) is 5.75 Å². The van der Waals surface area contributed by atoms with Gasteiger partial charge >= 0.3 is 24.2 Å². The molecule has 1 heterocycles. The van der Waals surface area contributed by atoms with Crippen molar-refractivity contribution in [1.82, 2.24) is 14.7 Å². The molecular weight excluding hydrogens is 524 g/mol. The van der Waals surface area contributed by atoms with E-state index in [-0.39, 0.29) is 31.4 Å². The van der Waals surface area contributed by atoms with Gasteiger partial charge in [-0.25, -0.2) is 19.2 Å². The molecule has 0 bridgehead atoms. The number of anilines is 1. The molecule has 2 fully saturated rings. The normalized spacial score (nSPS) is 19.4. The molecule has 1 aliphatic heterocycles. The summed E-state index contributed by atoms with van der Waals surface area (Å²) in [5, 5.41) is 10.8. The molecule has 1 N–H and O–H groups in total. The number of amides is 3. The molecule has 3 amide bonds. The second kappa shape index (κ2) is 12.2. The minimum absolute atomic E-state index is 0.0155. The highest BCUT2D eigenvalue weighted by molar-refractivity contribution is 5.84. The number of hydrogen-bond acceptors (Lipinski definition) is 10. The minimum Gasteiger partial charge on any atom is -0.761 e. The quantitative estimate of drug-likeness (QED) is 0.306. The number of carbonyl (C=O) groups excluding carboxylic acids is 4. The molecule has 13 nitrogen and oxygen atoms in total. The Kier molecular flexibility index (Phi) is 9.39. The molecule has 0 radical (unpaired) electrons. The summed E-state index contributed by atoms with van der Waals surface area (Å²) in [7, 11) is 1.19. The summed E-state index contributed by atoms with van der Waals surface area (Å²) in [4.78, 5) is 57.1. The lowest BCUT2D eigenvalue weighted by atomic mass is 10.0. The third-order valence-corrected chi connectivity index (χ3v) is 6.16. The molecule has 0 spiro atoms. The lowest BCUT2D eigenvalue weighted by Gasteiger charge is -2.47. The molecule has 222 valence electrons. The van der Waals surface area contributed by atoms with Crippen LogP contribution < -0.4 is 10.2 Å². The van der Waals surface area contributed by atoms with Gasteiger partial charge in [-0.15, -0.1) is 0 Å². The van der Waals surface area contributed by atoms with Gasteiger partial charge in [-0.3, -0.25) is 9.80 Å². The number of nitrogens with zero attached hydrogens (tertiary/aromatic N) is 3. The van der Waals surface area contributed by atoms with Crippen molar-refractivity contribution < 1.29 is 38.1 Å². The van der Waals surface area contributed by atoms with E-state index in [0.717, 1.165) is 0 Å². The van der Waals surface area contributed by atoms with Gasteiger partial charge in [-0.05, 0) is 78.6 Å². The summed E-state index contributed by atoms with van der Waals surface area (Å²) in [6, 6.07) is 3.38. The molecular formula is C27H39N4O9-. The maximum atomic E-state index is 13.3. The number of ether oxygens (including phenoxy) is 4. The number of methoxy groups -OCH3 is 1. The highest BCUT2D eigenvalue weighted by atomic mass is 16.6. The monoisotopic (exact) mass is 563 g/mol. The Morgan fingerprint density at radius 2 is 1.45 bits per heavy atom. The molecule has 1 saturated carbocycles. The van der Waals surface area contributed by atoms with Crippen molar-refractivity contribution in [2.24, 2.45) is 0 Å². The van der Waals surface area contributed by atoms with Crippen molar-refractivity contribution >= 4 is 29.9 Å². The van der Waals surface area contributed by atoms with Gasteiger partial charge in [0.05, 0.1) is 13.2 Å². The molecule has 1 aromatic rings. The van der Waals surface area contributed by atoms with Crippen LogP contribution in [0.3, 0.4) is 0 Å². The lowest BCUT2D eigenvalue weighted by molar-refractivity contribution is -0.152. The fourth-order valence-corrected chi connectivity index (χ4v) is 4.29. The summed E-state index contributed by atoms with van der Waals surface area (Å²) in [6.45, 7) is 10.2. The van der Waals surface area contributed by atoms with E-state index in [0.29, 0.717) is 18.5 Å². The van der Waals surface area contributed by atoms with Gasteiger partial charge in [0.15, 0.2) is 6.04 Å². The zero-order valence-corrected chi connectivity index (χ0v) is 24.1. The van der Waals surface area contributed by atoms with E-state index in [1.165, 1.54) is 46.1 Å². The van der Waals surface area contributed by atoms with Crippen LogP contribution in [-0.2, 0) is 19.0 Å². The molecule has 1 saturated heterocycles. The number of benzene rings is 1. The minimum atomic E-state index is -1.28. The Bertz CT molecular complexity index is 1080. The van der Waals surface area contributed by atoms with E-state index >= 15 is 0 Å². The van der Waals surface area contributed by atoms with Crippen molar-refractivity contribution in [2.45, 2.75) is 83.7 Å². The summed E-state index contributed by atoms with van der Waals surface area (Å²) in [5.41, 5.74) is 0.394. The predicted octanol–water partition coefficient (Wildman–Crippen LogP) is 3.96. The van der Waals surface area contributed by atoms with Gasteiger partial charge in [0, 0.05) is 31.4 Å². The zero-order valence-electron chi connectivity index (χ0n) is 24.1. The maximum Gasteiger partial charge on any atom is 0.415 e. The molecule has 2 atom stereocenters. The Morgan fingerprint density at radius 1 is 0.925 bits per heavy atom. The first-order chi connectivity index (χ1) is 18.6. The van der Waals surface area contributed by atoms with Crippen LogP contribution in [0.5, 0.6) is 5.75 Å². The van der Waals surface area contributed by atoms with Crippen LogP contribution in [0.4, 0.5) is 20.1 Å². The van der Waals surface area contributed by atoms with Crippen LogP contribution in [0, 0.1) is 5.21 Å². The van der Waals surface area contributed by atoms with E-state index in [9.17, 15) is 24.4 Å². The second-order valence-electron chi connectivity index (χ2n) is 11.8. The van der Waals surface area contributed by atoms with Crippen molar-refractivity contribution in [2.75, 3.05) is 32.2 Å². The predicted molar refractivity (Wildman–Crippen MR) is 145 cm³/mol. The van der Waals surface area contributed by atoms with Gasteiger partial charge < -0.3 is 34.5 Å². The molecule has 13 heteroatoms. The number of hydrogen-bond donors (Lipinski definition) is 1. The highest BCUT2D eigenvalue weighted by Crippen LogP contribution is 2.32. The van der Waals surface area contributed by atoms with Gasteiger partial charge in [0.25, 0.3) is 0 Å². The second-order valence-corrected chi connectivity index (χ2v) is 11.8. The SMILES string of the molecule is COC(=O)C1[C@H](CN(C(=O)Oc2ccc(N[O-])cc2)C2CC2)N(C(=O)OC(C)(C)C)CCN1C(=O)OC(C)(C)C. The molecule has 40 heavy (non-hydrogen) atoms. The van der Waals surface area contributed by atoms with E-state index in [4.69, 9.17) is 18.9 Å².